The summed E-state index contributed by atoms with van der Waals surface area (Å²) < 4.78 is 18.5. The monoisotopic (exact) mass is 289 g/mol. The van der Waals surface area contributed by atoms with E-state index in [1.807, 2.05) is 6.92 Å². The van der Waals surface area contributed by atoms with Crippen molar-refractivity contribution in [3.05, 3.63) is 34.1 Å². The summed E-state index contributed by atoms with van der Waals surface area (Å²) in [5.41, 5.74) is 6.83. The Balaban J connectivity index is 2.68. The third-order valence-electron chi connectivity index (χ3n) is 2.47. The van der Waals surface area contributed by atoms with Crippen LogP contribution >= 0.6 is 15.9 Å². The Kier molecular flexibility index (Phi) is 4.89. The van der Waals surface area contributed by atoms with Gasteiger partial charge in [0, 0.05) is 19.3 Å². The number of ether oxygens (including phenoxy) is 1. The summed E-state index contributed by atoms with van der Waals surface area (Å²) in [5.74, 6) is -0.251. The third kappa shape index (κ3) is 4.20. The van der Waals surface area contributed by atoms with Crippen molar-refractivity contribution in [2.24, 2.45) is 5.73 Å². The van der Waals surface area contributed by atoms with Crippen molar-refractivity contribution in [2.45, 2.75) is 25.3 Å². The van der Waals surface area contributed by atoms with Gasteiger partial charge < -0.3 is 10.5 Å². The normalized spacial score (nSPS) is 14.8. The zero-order valence-electron chi connectivity index (χ0n) is 9.59. The summed E-state index contributed by atoms with van der Waals surface area (Å²) in [7, 11) is 1.66. The molecule has 4 heteroatoms. The summed E-state index contributed by atoms with van der Waals surface area (Å²) in [5, 5.41) is 0. The number of hydrogen-bond donors (Lipinski definition) is 1. The van der Waals surface area contributed by atoms with E-state index >= 15 is 0 Å². The quantitative estimate of drug-likeness (QED) is 0.905. The predicted octanol–water partition coefficient (Wildman–Crippen LogP) is 2.88. The highest BCUT2D eigenvalue weighted by atomic mass is 79.9. The van der Waals surface area contributed by atoms with E-state index in [0.29, 0.717) is 17.5 Å². The number of nitrogens with two attached hydrogens (primary N) is 1. The van der Waals surface area contributed by atoms with Crippen LogP contribution in [0.25, 0.3) is 0 Å². The first-order valence-corrected chi connectivity index (χ1v) is 5.96. The summed E-state index contributed by atoms with van der Waals surface area (Å²) in [6.07, 6.45) is 1.48. The van der Waals surface area contributed by atoms with Gasteiger partial charge in [0.2, 0.25) is 0 Å². The molecule has 1 rings (SSSR count). The number of rotatable bonds is 5. The largest absolute Gasteiger partial charge is 0.385 e. The molecule has 0 heterocycles. The Labute approximate surface area is 104 Å². The lowest BCUT2D eigenvalue weighted by Gasteiger charge is -2.24. The van der Waals surface area contributed by atoms with Gasteiger partial charge in [0.05, 0.1) is 4.47 Å². The average Bonchev–Trinajstić information content (AvgIpc) is 2.20. The van der Waals surface area contributed by atoms with Gasteiger partial charge in [0.15, 0.2) is 0 Å². The van der Waals surface area contributed by atoms with Crippen molar-refractivity contribution in [2.75, 3.05) is 13.7 Å². The molecular formula is C12H17BrFNO. The summed E-state index contributed by atoms with van der Waals surface area (Å²) in [6.45, 7) is 2.61. The number of hydrogen-bond acceptors (Lipinski definition) is 2. The molecule has 0 amide bonds. The standard InChI is InChI=1S/C12H17BrFNO/c1-12(15,5-6-16-2)8-9-3-4-11(14)10(13)7-9/h3-4,7H,5-6,8,15H2,1-2H3. The van der Waals surface area contributed by atoms with Crippen LogP contribution < -0.4 is 5.73 Å². The van der Waals surface area contributed by atoms with E-state index in [1.165, 1.54) is 6.07 Å². The van der Waals surface area contributed by atoms with E-state index < -0.39 is 0 Å². The second-order valence-electron chi connectivity index (χ2n) is 4.32. The topological polar surface area (TPSA) is 35.2 Å². The molecule has 2 N–H and O–H groups in total. The lowest BCUT2D eigenvalue weighted by Crippen LogP contribution is -2.39. The van der Waals surface area contributed by atoms with Gasteiger partial charge in [-0.3, -0.25) is 0 Å². The molecule has 16 heavy (non-hydrogen) atoms. The van der Waals surface area contributed by atoms with Crippen LogP contribution in [0.5, 0.6) is 0 Å². The molecule has 90 valence electrons. The zero-order valence-corrected chi connectivity index (χ0v) is 11.2. The van der Waals surface area contributed by atoms with E-state index in [1.54, 1.807) is 19.2 Å². The molecule has 0 spiro atoms. The minimum Gasteiger partial charge on any atom is -0.385 e. The molecule has 2 nitrogen and oxygen atoms in total. The van der Waals surface area contributed by atoms with Crippen LogP contribution in [-0.2, 0) is 11.2 Å². The van der Waals surface area contributed by atoms with Gasteiger partial charge in [-0.1, -0.05) is 6.07 Å². The van der Waals surface area contributed by atoms with E-state index in [4.69, 9.17) is 10.5 Å². The number of halogens is 2. The third-order valence-corrected chi connectivity index (χ3v) is 3.08. The molecular weight excluding hydrogens is 273 g/mol. The predicted molar refractivity (Wildman–Crippen MR) is 66.9 cm³/mol. The van der Waals surface area contributed by atoms with Crippen LogP contribution in [0.2, 0.25) is 0 Å². The minimum atomic E-state index is -0.326. The van der Waals surface area contributed by atoms with Gasteiger partial charge in [-0.15, -0.1) is 0 Å². The SMILES string of the molecule is COCCC(C)(N)Cc1ccc(F)c(Br)c1. The Morgan fingerprint density at radius 3 is 2.75 bits per heavy atom. The number of methoxy groups -OCH3 is 1. The van der Waals surface area contributed by atoms with Crippen molar-refractivity contribution in [1.29, 1.82) is 0 Å². The maximum absolute atomic E-state index is 13.0. The van der Waals surface area contributed by atoms with Crippen LogP contribution in [0, 0.1) is 5.82 Å². The van der Waals surface area contributed by atoms with Crippen molar-refractivity contribution in [3.8, 4) is 0 Å². The van der Waals surface area contributed by atoms with Gasteiger partial charge in [-0.2, -0.15) is 0 Å². The molecule has 1 aromatic rings. The first-order valence-electron chi connectivity index (χ1n) is 5.16. The smallest absolute Gasteiger partial charge is 0.137 e. The molecule has 0 radical (unpaired) electrons. The van der Waals surface area contributed by atoms with Gasteiger partial charge >= 0.3 is 0 Å². The fourth-order valence-electron chi connectivity index (χ4n) is 1.54. The molecule has 0 aliphatic carbocycles. The highest BCUT2D eigenvalue weighted by molar-refractivity contribution is 9.10. The van der Waals surface area contributed by atoms with Crippen LogP contribution in [-0.4, -0.2) is 19.3 Å². The molecule has 1 atom stereocenters. The fourth-order valence-corrected chi connectivity index (χ4v) is 1.97. The van der Waals surface area contributed by atoms with E-state index in [2.05, 4.69) is 15.9 Å². The van der Waals surface area contributed by atoms with E-state index in [0.717, 1.165) is 12.0 Å². The first kappa shape index (κ1) is 13.6. The second-order valence-corrected chi connectivity index (χ2v) is 5.18. The Morgan fingerprint density at radius 2 is 2.19 bits per heavy atom. The molecule has 0 aliphatic rings. The van der Waals surface area contributed by atoms with E-state index in [-0.39, 0.29) is 11.4 Å². The molecule has 0 saturated carbocycles. The van der Waals surface area contributed by atoms with Crippen molar-refractivity contribution >= 4 is 15.9 Å². The maximum atomic E-state index is 13.0. The molecule has 0 saturated heterocycles. The second kappa shape index (κ2) is 5.75. The summed E-state index contributed by atoms with van der Waals surface area (Å²) in [4.78, 5) is 0. The van der Waals surface area contributed by atoms with Crippen molar-refractivity contribution in [1.82, 2.24) is 0 Å². The Bertz CT molecular complexity index is 355. The molecule has 1 unspecified atom stereocenters. The summed E-state index contributed by atoms with van der Waals surface area (Å²) in [6, 6.07) is 4.98. The van der Waals surface area contributed by atoms with Gasteiger partial charge in [0.25, 0.3) is 0 Å². The average molecular weight is 290 g/mol. The Morgan fingerprint density at radius 1 is 1.50 bits per heavy atom. The van der Waals surface area contributed by atoms with Gasteiger partial charge in [-0.25, -0.2) is 4.39 Å². The number of benzene rings is 1. The first-order chi connectivity index (χ1) is 7.44. The highest BCUT2D eigenvalue weighted by Gasteiger charge is 2.19. The lowest BCUT2D eigenvalue weighted by atomic mass is 9.91. The van der Waals surface area contributed by atoms with Crippen molar-refractivity contribution in [3.63, 3.8) is 0 Å². The Hall–Kier alpha value is -0.450. The van der Waals surface area contributed by atoms with Gasteiger partial charge in [-0.05, 0) is 53.4 Å². The highest BCUT2D eigenvalue weighted by Crippen LogP contribution is 2.20. The van der Waals surface area contributed by atoms with Crippen LogP contribution in [0.3, 0.4) is 0 Å². The lowest BCUT2D eigenvalue weighted by molar-refractivity contribution is 0.171. The van der Waals surface area contributed by atoms with Crippen LogP contribution in [0.1, 0.15) is 18.9 Å². The summed E-state index contributed by atoms with van der Waals surface area (Å²) >= 11 is 3.17. The molecule has 0 aromatic heterocycles. The molecule has 0 fully saturated rings. The van der Waals surface area contributed by atoms with Gasteiger partial charge in [0.1, 0.15) is 5.82 Å². The fraction of sp³-hybridized carbons (Fsp3) is 0.500. The van der Waals surface area contributed by atoms with E-state index in [9.17, 15) is 4.39 Å². The van der Waals surface area contributed by atoms with Crippen LogP contribution in [0.15, 0.2) is 22.7 Å². The molecule has 0 aliphatic heterocycles. The van der Waals surface area contributed by atoms with Crippen molar-refractivity contribution < 1.29 is 9.13 Å². The zero-order chi connectivity index (χ0) is 12.2. The maximum Gasteiger partial charge on any atom is 0.137 e. The minimum absolute atomic E-state index is 0.251. The van der Waals surface area contributed by atoms with Crippen LogP contribution in [0.4, 0.5) is 4.39 Å². The molecule has 1 aromatic carbocycles. The molecule has 0 bridgehead atoms.